The zero-order valence-electron chi connectivity index (χ0n) is 16.4. The SMILES string of the molecule is CCCc1ccc(-c2nc(NC(=O)c3cnc4sc(C)cn4c3=O)sc2C)cc1. The number of nitrogens with zero attached hydrogens (tertiary/aromatic N) is 3. The lowest BCUT2D eigenvalue weighted by molar-refractivity contribution is 0.102. The summed E-state index contributed by atoms with van der Waals surface area (Å²) in [6.07, 6.45) is 5.18. The fraction of sp³-hybridized carbons (Fsp3) is 0.238. The molecule has 1 amide bonds. The molecule has 0 aliphatic carbocycles. The second kappa shape index (κ2) is 7.88. The molecular weight excluding hydrogens is 404 g/mol. The molecule has 0 aliphatic heterocycles. The Labute approximate surface area is 175 Å². The molecule has 6 nitrogen and oxygen atoms in total. The van der Waals surface area contributed by atoms with E-state index in [-0.39, 0.29) is 11.1 Å². The minimum atomic E-state index is -0.501. The standard InChI is InChI=1S/C21H20N4O2S2/c1-4-5-14-6-8-15(9-7-14)17-13(3)29-20(23-17)24-18(26)16-10-22-21-25(19(16)27)11-12(2)28-21/h6-11H,4-5H2,1-3H3,(H,23,24,26). The van der Waals surface area contributed by atoms with Gasteiger partial charge in [0.05, 0.1) is 5.69 Å². The Bertz CT molecular complexity index is 1250. The normalized spacial score (nSPS) is 11.1. The maximum atomic E-state index is 12.7. The van der Waals surface area contributed by atoms with Gasteiger partial charge in [0.1, 0.15) is 5.56 Å². The van der Waals surface area contributed by atoms with Crippen molar-refractivity contribution in [1.29, 1.82) is 0 Å². The van der Waals surface area contributed by atoms with Crippen molar-refractivity contribution in [2.24, 2.45) is 0 Å². The summed E-state index contributed by atoms with van der Waals surface area (Å²) in [4.78, 5) is 36.6. The highest BCUT2D eigenvalue weighted by molar-refractivity contribution is 7.17. The van der Waals surface area contributed by atoms with Crippen molar-refractivity contribution in [2.45, 2.75) is 33.6 Å². The second-order valence-corrected chi connectivity index (χ2v) is 9.21. The first-order valence-corrected chi connectivity index (χ1v) is 11.0. The maximum Gasteiger partial charge on any atom is 0.271 e. The number of thiazole rings is 2. The molecule has 148 valence electrons. The summed E-state index contributed by atoms with van der Waals surface area (Å²) in [6.45, 7) is 6.03. The van der Waals surface area contributed by atoms with Gasteiger partial charge in [-0.2, -0.15) is 0 Å². The molecule has 0 unspecified atom stereocenters. The predicted molar refractivity (Wildman–Crippen MR) is 118 cm³/mol. The van der Waals surface area contributed by atoms with E-state index in [1.54, 1.807) is 6.20 Å². The van der Waals surface area contributed by atoms with E-state index in [1.807, 2.05) is 13.8 Å². The molecule has 3 heterocycles. The summed E-state index contributed by atoms with van der Waals surface area (Å²) in [7, 11) is 0. The number of amides is 1. The molecule has 0 spiro atoms. The van der Waals surface area contributed by atoms with E-state index < -0.39 is 5.91 Å². The Morgan fingerprint density at radius 1 is 1.17 bits per heavy atom. The zero-order chi connectivity index (χ0) is 20.5. The van der Waals surface area contributed by atoms with Gasteiger partial charge in [0.15, 0.2) is 10.1 Å². The highest BCUT2D eigenvalue weighted by atomic mass is 32.1. The van der Waals surface area contributed by atoms with E-state index in [0.29, 0.717) is 10.1 Å². The van der Waals surface area contributed by atoms with Crippen LogP contribution in [0.3, 0.4) is 0 Å². The van der Waals surface area contributed by atoms with E-state index in [4.69, 9.17) is 0 Å². The Hall–Kier alpha value is -2.84. The number of carbonyl (C=O) groups is 1. The van der Waals surface area contributed by atoms with Crippen LogP contribution in [0.15, 0.2) is 41.5 Å². The smallest absolute Gasteiger partial charge is 0.271 e. The van der Waals surface area contributed by atoms with Crippen LogP contribution in [0.1, 0.15) is 39.0 Å². The number of rotatable bonds is 5. The summed E-state index contributed by atoms with van der Waals surface area (Å²) < 4.78 is 1.41. The van der Waals surface area contributed by atoms with Gasteiger partial charge in [-0.1, -0.05) is 37.6 Å². The third-order valence-corrected chi connectivity index (χ3v) is 6.35. The highest BCUT2D eigenvalue weighted by Crippen LogP contribution is 2.30. The van der Waals surface area contributed by atoms with Crippen molar-refractivity contribution in [3.8, 4) is 11.3 Å². The van der Waals surface area contributed by atoms with E-state index in [2.05, 4.69) is 46.5 Å². The van der Waals surface area contributed by atoms with Crippen LogP contribution in [0.5, 0.6) is 0 Å². The quantitative estimate of drug-likeness (QED) is 0.504. The molecule has 1 N–H and O–H groups in total. The van der Waals surface area contributed by atoms with Crippen molar-refractivity contribution in [1.82, 2.24) is 14.4 Å². The van der Waals surface area contributed by atoms with E-state index in [1.165, 1.54) is 38.8 Å². The summed E-state index contributed by atoms with van der Waals surface area (Å²) in [6, 6.07) is 8.34. The molecule has 8 heteroatoms. The molecule has 0 fully saturated rings. The van der Waals surface area contributed by atoms with Crippen LogP contribution in [0.25, 0.3) is 16.2 Å². The molecule has 0 aliphatic rings. The molecule has 4 aromatic rings. The molecule has 29 heavy (non-hydrogen) atoms. The topological polar surface area (TPSA) is 76.4 Å². The number of nitrogens with one attached hydrogen (secondary N) is 1. The molecular formula is C21H20N4O2S2. The van der Waals surface area contributed by atoms with Gasteiger partial charge in [0.2, 0.25) is 0 Å². The van der Waals surface area contributed by atoms with Crippen LogP contribution in [0.4, 0.5) is 5.13 Å². The van der Waals surface area contributed by atoms with E-state index >= 15 is 0 Å². The minimum Gasteiger partial charge on any atom is -0.298 e. The number of aryl methyl sites for hydroxylation is 3. The van der Waals surface area contributed by atoms with Gasteiger partial charge in [0, 0.05) is 27.7 Å². The third kappa shape index (κ3) is 3.86. The van der Waals surface area contributed by atoms with Gasteiger partial charge in [0.25, 0.3) is 11.5 Å². The molecule has 0 bridgehead atoms. The Balaban J connectivity index is 1.59. The molecule has 0 saturated carbocycles. The Morgan fingerprint density at radius 2 is 1.93 bits per heavy atom. The average Bonchev–Trinajstić information content (AvgIpc) is 3.25. The largest absolute Gasteiger partial charge is 0.298 e. The van der Waals surface area contributed by atoms with Crippen LogP contribution in [0.2, 0.25) is 0 Å². The number of hydrogen-bond acceptors (Lipinski definition) is 6. The predicted octanol–water partition coefficient (Wildman–Crippen LogP) is 4.70. The fourth-order valence-corrected chi connectivity index (χ4v) is 4.77. The first-order valence-electron chi connectivity index (χ1n) is 9.32. The second-order valence-electron chi connectivity index (χ2n) is 6.80. The van der Waals surface area contributed by atoms with Crippen molar-refractivity contribution >= 4 is 38.7 Å². The molecule has 1 aromatic carbocycles. The van der Waals surface area contributed by atoms with Gasteiger partial charge in [-0.15, -0.1) is 22.7 Å². The first-order chi connectivity index (χ1) is 14.0. The first kappa shape index (κ1) is 19.5. The molecule has 0 radical (unpaired) electrons. The third-order valence-electron chi connectivity index (χ3n) is 4.55. The van der Waals surface area contributed by atoms with Crippen molar-refractivity contribution in [3.05, 3.63) is 67.9 Å². The van der Waals surface area contributed by atoms with Crippen LogP contribution in [-0.2, 0) is 6.42 Å². The number of anilines is 1. The molecule has 3 aromatic heterocycles. The average molecular weight is 425 g/mol. The molecule has 4 rings (SSSR count). The van der Waals surface area contributed by atoms with Gasteiger partial charge >= 0.3 is 0 Å². The lowest BCUT2D eigenvalue weighted by Crippen LogP contribution is -2.25. The van der Waals surface area contributed by atoms with Crippen LogP contribution < -0.4 is 10.9 Å². The van der Waals surface area contributed by atoms with Gasteiger partial charge in [-0.3, -0.25) is 19.3 Å². The highest BCUT2D eigenvalue weighted by Gasteiger charge is 2.17. The Morgan fingerprint density at radius 3 is 2.66 bits per heavy atom. The van der Waals surface area contributed by atoms with Crippen LogP contribution in [-0.4, -0.2) is 20.3 Å². The van der Waals surface area contributed by atoms with E-state index in [9.17, 15) is 9.59 Å². The summed E-state index contributed by atoms with van der Waals surface area (Å²) in [5.74, 6) is -0.501. The molecule has 0 atom stereocenters. The lowest BCUT2D eigenvalue weighted by atomic mass is 10.1. The number of aromatic nitrogens is 3. The van der Waals surface area contributed by atoms with Gasteiger partial charge in [-0.05, 0) is 25.8 Å². The van der Waals surface area contributed by atoms with Gasteiger partial charge in [-0.25, -0.2) is 9.97 Å². The fourth-order valence-electron chi connectivity index (χ4n) is 3.15. The van der Waals surface area contributed by atoms with Gasteiger partial charge < -0.3 is 0 Å². The van der Waals surface area contributed by atoms with Crippen molar-refractivity contribution < 1.29 is 4.79 Å². The van der Waals surface area contributed by atoms with Crippen molar-refractivity contribution in [2.75, 3.05) is 5.32 Å². The Kier molecular flexibility index (Phi) is 5.29. The lowest BCUT2D eigenvalue weighted by Gasteiger charge is -2.02. The number of hydrogen-bond donors (Lipinski definition) is 1. The molecule has 0 saturated heterocycles. The summed E-state index contributed by atoms with van der Waals surface area (Å²) in [5.41, 5.74) is 2.77. The maximum absolute atomic E-state index is 12.7. The van der Waals surface area contributed by atoms with Crippen molar-refractivity contribution in [3.63, 3.8) is 0 Å². The number of benzene rings is 1. The zero-order valence-corrected chi connectivity index (χ0v) is 18.0. The van der Waals surface area contributed by atoms with E-state index in [0.717, 1.165) is 33.9 Å². The number of fused-ring (bicyclic) bond motifs is 1. The van der Waals surface area contributed by atoms with Crippen LogP contribution >= 0.6 is 22.7 Å². The van der Waals surface area contributed by atoms with Crippen LogP contribution in [0, 0.1) is 13.8 Å². The number of carbonyl (C=O) groups excluding carboxylic acids is 1. The minimum absolute atomic E-state index is 0.00128. The summed E-state index contributed by atoms with van der Waals surface area (Å²) in [5, 5.41) is 3.22. The monoisotopic (exact) mass is 424 g/mol. The summed E-state index contributed by atoms with van der Waals surface area (Å²) >= 11 is 2.80.